The summed E-state index contributed by atoms with van der Waals surface area (Å²) in [6.45, 7) is 4.83. The number of terminal acetylenes is 1. The molecule has 1 N–H and O–H groups in total. The van der Waals surface area contributed by atoms with Gasteiger partial charge in [0.25, 0.3) is 0 Å². The van der Waals surface area contributed by atoms with Gasteiger partial charge >= 0.3 is 0 Å². The zero-order valence-electron chi connectivity index (χ0n) is 14.2. The second kappa shape index (κ2) is 4.64. The predicted molar refractivity (Wildman–Crippen MR) is 90.1 cm³/mol. The Morgan fingerprint density at radius 2 is 1.91 bits per heavy atom. The molecule has 4 rings (SSSR count). The Morgan fingerprint density at radius 1 is 1.14 bits per heavy atom. The van der Waals surface area contributed by atoms with Crippen molar-refractivity contribution < 1.29 is 5.11 Å². The average molecular weight is 298 g/mol. The second-order valence-electron chi connectivity index (χ2n) is 8.95. The molecule has 0 heterocycles. The van der Waals surface area contributed by atoms with Gasteiger partial charge < -0.3 is 5.11 Å². The third-order valence-corrected chi connectivity index (χ3v) is 8.42. The Hall–Kier alpha value is -0.740. The van der Waals surface area contributed by atoms with Crippen LogP contribution in [0.2, 0.25) is 0 Å². The van der Waals surface area contributed by atoms with E-state index in [0.29, 0.717) is 11.3 Å². The van der Waals surface area contributed by atoms with Crippen LogP contribution >= 0.6 is 0 Å². The van der Waals surface area contributed by atoms with E-state index >= 15 is 0 Å². The molecule has 0 aromatic carbocycles. The number of hydrogen-bond acceptors (Lipinski definition) is 1. The molecule has 6 atom stereocenters. The van der Waals surface area contributed by atoms with Crippen molar-refractivity contribution in [2.45, 2.75) is 77.2 Å². The average Bonchev–Trinajstić information content (AvgIpc) is 2.79. The fourth-order valence-corrected chi connectivity index (χ4v) is 7.01. The lowest BCUT2D eigenvalue weighted by atomic mass is 9.46. The molecule has 0 radical (unpaired) electrons. The summed E-state index contributed by atoms with van der Waals surface area (Å²) in [5.41, 5.74) is 1.30. The summed E-state index contributed by atoms with van der Waals surface area (Å²) in [7, 11) is 0. The topological polar surface area (TPSA) is 20.2 Å². The van der Waals surface area contributed by atoms with E-state index in [4.69, 9.17) is 6.42 Å². The van der Waals surface area contributed by atoms with E-state index in [1.165, 1.54) is 38.5 Å². The Morgan fingerprint density at radius 3 is 2.68 bits per heavy atom. The molecular formula is C21H30O. The van der Waals surface area contributed by atoms with Gasteiger partial charge in [-0.15, -0.1) is 6.42 Å². The van der Waals surface area contributed by atoms with Crippen LogP contribution in [0, 0.1) is 40.9 Å². The lowest BCUT2D eigenvalue weighted by Gasteiger charge is -2.58. The van der Waals surface area contributed by atoms with Crippen LogP contribution in [0.25, 0.3) is 0 Å². The van der Waals surface area contributed by atoms with Crippen molar-refractivity contribution in [2.75, 3.05) is 0 Å². The number of hydrogen-bond donors (Lipinski definition) is 1. The van der Waals surface area contributed by atoms with Crippen LogP contribution in [0.5, 0.6) is 0 Å². The van der Waals surface area contributed by atoms with E-state index in [0.717, 1.165) is 31.1 Å². The van der Waals surface area contributed by atoms with Gasteiger partial charge in [0, 0.05) is 5.41 Å². The molecule has 1 heteroatoms. The molecule has 0 saturated heterocycles. The van der Waals surface area contributed by atoms with E-state index < -0.39 is 5.60 Å². The molecule has 0 amide bonds. The fraction of sp³-hybridized carbons (Fsp3) is 0.810. The molecule has 22 heavy (non-hydrogen) atoms. The van der Waals surface area contributed by atoms with Crippen LogP contribution in [-0.2, 0) is 0 Å². The highest BCUT2D eigenvalue weighted by Crippen LogP contribution is 2.67. The number of fused-ring (bicyclic) bond motifs is 5. The smallest absolute Gasteiger partial charge is 0.130 e. The summed E-state index contributed by atoms with van der Waals surface area (Å²) in [5, 5.41) is 11.0. The first-order valence-corrected chi connectivity index (χ1v) is 9.34. The molecule has 0 spiro atoms. The second-order valence-corrected chi connectivity index (χ2v) is 8.95. The first-order valence-electron chi connectivity index (χ1n) is 9.34. The van der Waals surface area contributed by atoms with Gasteiger partial charge in [-0.3, -0.25) is 0 Å². The van der Waals surface area contributed by atoms with Crippen molar-refractivity contribution in [1.29, 1.82) is 0 Å². The first-order chi connectivity index (χ1) is 10.4. The Labute approximate surface area is 135 Å². The highest BCUT2D eigenvalue weighted by atomic mass is 16.3. The maximum absolute atomic E-state index is 11.0. The summed E-state index contributed by atoms with van der Waals surface area (Å²) >= 11 is 0. The van der Waals surface area contributed by atoms with Gasteiger partial charge in [-0.25, -0.2) is 0 Å². The maximum atomic E-state index is 11.0. The van der Waals surface area contributed by atoms with Gasteiger partial charge in [0.05, 0.1) is 0 Å². The van der Waals surface area contributed by atoms with Gasteiger partial charge in [-0.2, -0.15) is 0 Å². The Bertz CT molecular complexity index is 555. The van der Waals surface area contributed by atoms with Gasteiger partial charge in [0.1, 0.15) is 5.60 Å². The van der Waals surface area contributed by atoms with Crippen LogP contribution in [0.1, 0.15) is 71.6 Å². The van der Waals surface area contributed by atoms with Crippen LogP contribution in [0.4, 0.5) is 0 Å². The number of allylic oxidation sites excluding steroid dienone is 2. The van der Waals surface area contributed by atoms with Gasteiger partial charge in [-0.1, -0.05) is 31.4 Å². The van der Waals surface area contributed by atoms with E-state index in [-0.39, 0.29) is 5.41 Å². The summed E-state index contributed by atoms with van der Waals surface area (Å²) in [4.78, 5) is 0. The standard InChI is InChI=1S/C21H30O/c1-4-21(22)14-11-18-16-9-8-15-7-5-6-12-19(15,2)17(16)10-13-20(18,21)3/h1,7,16-18,22H,5-6,8-14H2,2-3H3/t16-,17+,18+,19+,20+,21+/m1/s1. The van der Waals surface area contributed by atoms with Crippen molar-refractivity contribution in [3.8, 4) is 12.3 Å². The van der Waals surface area contributed by atoms with Crippen LogP contribution < -0.4 is 0 Å². The summed E-state index contributed by atoms with van der Waals surface area (Å²) in [6, 6.07) is 0. The molecule has 3 fully saturated rings. The van der Waals surface area contributed by atoms with Gasteiger partial charge in [0.2, 0.25) is 0 Å². The SMILES string of the molecule is C#C[C@]1(O)CC[C@H]2[C@@H]3CCC4=CCCC[C@]4(C)[C@H]3CC[C@@]21C. The maximum Gasteiger partial charge on any atom is 0.130 e. The van der Waals surface area contributed by atoms with Gasteiger partial charge in [-0.05, 0) is 81.0 Å². The lowest BCUT2D eigenvalue weighted by Crippen LogP contribution is -2.54. The molecule has 120 valence electrons. The summed E-state index contributed by atoms with van der Waals surface area (Å²) < 4.78 is 0. The normalized spacial score (nSPS) is 53.7. The zero-order valence-corrected chi connectivity index (χ0v) is 14.2. The quantitative estimate of drug-likeness (QED) is 0.507. The Balaban J connectivity index is 1.70. The number of rotatable bonds is 0. The van der Waals surface area contributed by atoms with Gasteiger partial charge in [0.15, 0.2) is 0 Å². The van der Waals surface area contributed by atoms with Crippen molar-refractivity contribution in [2.24, 2.45) is 28.6 Å². The van der Waals surface area contributed by atoms with Crippen molar-refractivity contribution in [3.05, 3.63) is 11.6 Å². The molecule has 3 saturated carbocycles. The monoisotopic (exact) mass is 298 g/mol. The van der Waals surface area contributed by atoms with Crippen molar-refractivity contribution >= 4 is 0 Å². The molecule has 0 unspecified atom stereocenters. The van der Waals surface area contributed by atoms with E-state index in [1.807, 2.05) is 0 Å². The lowest BCUT2D eigenvalue weighted by molar-refractivity contribution is -0.0996. The third kappa shape index (κ3) is 1.66. The van der Waals surface area contributed by atoms with Crippen molar-refractivity contribution in [1.82, 2.24) is 0 Å². The van der Waals surface area contributed by atoms with E-state index in [2.05, 4.69) is 25.8 Å². The van der Waals surface area contributed by atoms with E-state index in [1.54, 1.807) is 5.57 Å². The largest absolute Gasteiger partial charge is 0.377 e. The summed E-state index contributed by atoms with van der Waals surface area (Å²) in [6.07, 6.45) is 19.3. The minimum Gasteiger partial charge on any atom is -0.377 e. The summed E-state index contributed by atoms with van der Waals surface area (Å²) in [5.74, 6) is 5.02. The van der Waals surface area contributed by atoms with Crippen molar-refractivity contribution in [3.63, 3.8) is 0 Å². The first kappa shape index (κ1) is 14.8. The molecule has 0 bridgehead atoms. The molecule has 1 nitrogen and oxygen atoms in total. The van der Waals surface area contributed by atoms with Crippen LogP contribution in [0.15, 0.2) is 11.6 Å². The third-order valence-electron chi connectivity index (χ3n) is 8.42. The number of aliphatic hydroxyl groups is 1. The minimum absolute atomic E-state index is 0.0465. The molecule has 0 aromatic heterocycles. The molecule has 4 aliphatic rings. The molecule has 0 aromatic rings. The minimum atomic E-state index is -0.855. The van der Waals surface area contributed by atoms with E-state index in [9.17, 15) is 5.11 Å². The highest BCUT2D eigenvalue weighted by molar-refractivity contribution is 5.27. The fourth-order valence-electron chi connectivity index (χ4n) is 7.01. The Kier molecular flexibility index (Phi) is 3.12. The van der Waals surface area contributed by atoms with Crippen LogP contribution in [-0.4, -0.2) is 10.7 Å². The molecule has 0 aliphatic heterocycles. The predicted octanol–water partition coefficient (Wildman–Crippen LogP) is 4.70. The highest BCUT2D eigenvalue weighted by Gasteiger charge is 2.63. The zero-order chi connectivity index (χ0) is 15.6. The molecule has 4 aliphatic carbocycles. The van der Waals surface area contributed by atoms with Crippen LogP contribution in [0.3, 0.4) is 0 Å². The molecular weight excluding hydrogens is 268 g/mol.